The molecule has 2 aromatic rings. The van der Waals surface area contributed by atoms with Gasteiger partial charge in [-0.25, -0.2) is 0 Å². The number of allylic oxidation sites excluding steroid dienone is 1. The van der Waals surface area contributed by atoms with Crippen molar-refractivity contribution >= 4 is 7.14 Å². The number of hydrogen-bond acceptors (Lipinski definition) is 2. The van der Waals surface area contributed by atoms with Crippen LogP contribution in [0.25, 0.3) is 0 Å². The Hall–Kier alpha value is -1.63. The molecule has 0 amide bonds. The number of benzene rings is 2. The molecule has 0 spiro atoms. The molecule has 0 radical (unpaired) electrons. The first-order valence-corrected chi connectivity index (χ1v) is 10.3. The summed E-state index contributed by atoms with van der Waals surface area (Å²) >= 11 is 0. The van der Waals surface area contributed by atoms with E-state index in [1.807, 2.05) is 67.6 Å². The van der Waals surface area contributed by atoms with E-state index < -0.39 is 13.0 Å². The predicted octanol–water partition coefficient (Wildman–Crippen LogP) is 4.73. The lowest BCUT2D eigenvalue weighted by molar-refractivity contribution is 0.292. The van der Waals surface area contributed by atoms with Crippen LogP contribution in [-0.4, -0.2) is 23.3 Å². The summed E-state index contributed by atoms with van der Waals surface area (Å²) in [5.74, 6) is -0.847. The Labute approximate surface area is 139 Å². The highest BCUT2D eigenvalue weighted by atomic mass is 31.2. The molecule has 0 aliphatic heterocycles. The van der Waals surface area contributed by atoms with Gasteiger partial charge in [-0.15, -0.1) is 0 Å². The molecule has 0 aliphatic carbocycles. The molecule has 0 saturated heterocycles. The molecule has 0 aliphatic rings. The maximum Gasteiger partial charge on any atom is 0.125 e. The minimum atomic E-state index is -2.69. The van der Waals surface area contributed by atoms with E-state index >= 15 is 0 Å². The first kappa shape index (κ1) is 17.7. The molecule has 2 nitrogen and oxygen atoms in total. The molecule has 1 N–H and O–H groups in total. The maximum atomic E-state index is 13.3. The molecule has 23 heavy (non-hydrogen) atoms. The molecule has 3 heteroatoms. The molecule has 0 heterocycles. The summed E-state index contributed by atoms with van der Waals surface area (Å²) in [6, 6.07) is 20.1. The van der Waals surface area contributed by atoms with Gasteiger partial charge in [-0.05, 0) is 30.9 Å². The van der Waals surface area contributed by atoms with Gasteiger partial charge in [0.1, 0.15) is 13.0 Å². The highest BCUT2D eigenvalue weighted by Crippen LogP contribution is 2.51. The van der Waals surface area contributed by atoms with Crippen LogP contribution in [0.3, 0.4) is 0 Å². The quantitative estimate of drug-likeness (QED) is 0.562. The molecule has 0 saturated carbocycles. The predicted molar refractivity (Wildman–Crippen MR) is 98.5 cm³/mol. The van der Waals surface area contributed by atoms with Crippen molar-refractivity contribution in [3.8, 4) is 0 Å². The van der Waals surface area contributed by atoms with Crippen LogP contribution in [0.1, 0.15) is 18.1 Å². The Bertz CT molecular complexity index is 602. The summed E-state index contributed by atoms with van der Waals surface area (Å²) in [6.45, 7) is 1.85. The highest BCUT2D eigenvalue weighted by Gasteiger charge is 2.29. The van der Waals surface area contributed by atoms with Crippen LogP contribution < -0.4 is 0 Å². The third-order valence-corrected chi connectivity index (χ3v) is 7.19. The van der Waals surface area contributed by atoms with Crippen molar-refractivity contribution in [2.75, 3.05) is 12.3 Å². The second-order valence-electron chi connectivity index (χ2n) is 5.81. The lowest BCUT2D eigenvalue weighted by Crippen LogP contribution is -2.13. The molecule has 0 bridgehead atoms. The van der Waals surface area contributed by atoms with Crippen molar-refractivity contribution in [3.63, 3.8) is 0 Å². The zero-order chi connectivity index (χ0) is 16.5. The van der Waals surface area contributed by atoms with Crippen molar-refractivity contribution in [1.29, 1.82) is 0 Å². The number of hydrogen-bond donors (Lipinski definition) is 1. The first-order valence-electron chi connectivity index (χ1n) is 8.10. The molecular formula is C20H25O2P. The number of aliphatic hydroxyl groups is 1. The molecule has 1 unspecified atom stereocenters. The fourth-order valence-corrected chi connectivity index (χ4v) is 5.14. The van der Waals surface area contributed by atoms with Crippen LogP contribution in [-0.2, 0) is 17.4 Å². The highest BCUT2D eigenvalue weighted by molar-refractivity contribution is 7.64. The van der Waals surface area contributed by atoms with Gasteiger partial charge in [0.25, 0.3) is 0 Å². The van der Waals surface area contributed by atoms with Gasteiger partial charge in [0, 0.05) is 12.3 Å². The van der Waals surface area contributed by atoms with E-state index in [2.05, 4.69) is 0 Å². The average Bonchev–Trinajstić information content (AvgIpc) is 2.60. The first-order chi connectivity index (χ1) is 11.1. The van der Waals surface area contributed by atoms with Crippen molar-refractivity contribution < 1.29 is 9.67 Å². The molecule has 1 atom stereocenters. The van der Waals surface area contributed by atoms with Crippen LogP contribution in [0.4, 0.5) is 0 Å². The second-order valence-corrected chi connectivity index (χ2v) is 9.14. The van der Waals surface area contributed by atoms with Crippen molar-refractivity contribution in [2.24, 2.45) is 0 Å². The minimum absolute atomic E-state index is 0.537. The van der Waals surface area contributed by atoms with Gasteiger partial charge in [-0.2, -0.15) is 0 Å². The van der Waals surface area contributed by atoms with Gasteiger partial charge in [0.05, 0.1) is 0 Å². The smallest absolute Gasteiger partial charge is 0.125 e. The number of rotatable bonds is 8. The van der Waals surface area contributed by atoms with Crippen molar-refractivity contribution in [1.82, 2.24) is 0 Å². The van der Waals surface area contributed by atoms with Crippen LogP contribution in [0.2, 0.25) is 0 Å². The van der Waals surface area contributed by atoms with Gasteiger partial charge in [-0.1, -0.05) is 72.8 Å². The van der Waals surface area contributed by atoms with Gasteiger partial charge >= 0.3 is 0 Å². The topological polar surface area (TPSA) is 37.3 Å². The molecule has 0 aromatic heterocycles. The normalized spacial score (nSPS) is 13.3. The van der Waals surface area contributed by atoms with E-state index in [-0.39, 0.29) is 0 Å². The Morgan fingerprint density at radius 2 is 1.35 bits per heavy atom. The summed E-state index contributed by atoms with van der Waals surface area (Å²) in [7, 11) is -2.69. The van der Waals surface area contributed by atoms with Crippen molar-refractivity contribution in [2.45, 2.75) is 25.6 Å². The molecule has 0 fully saturated rings. The van der Waals surface area contributed by atoms with E-state index in [1.165, 1.54) is 11.1 Å². The molecule has 2 rings (SSSR count). The standard InChI is InChI=1S/C20H25O2P/c1-2-9-20(21)23(22,16-14-18-10-5-3-6-11-18)17-15-19-12-7-4-8-13-19/h2-13,20-21H,14-17H2,1H3/b9-2+. The van der Waals surface area contributed by atoms with E-state index in [9.17, 15) is 9.67 Å². The second kappa shape index (κ2) is 8.86. The van der Waals surface area contributed by atoms with Crippen molar-refractivity contribution in [3.05, 3.63) is 83.9 Å². The minimum Gasteiger partial charge on any atom is -0.381 e. The molecule has 122 valence electrons. The van der Waals surface area contributed by atoms with Crippen LogP contribution >= 0.6 is 7.14 Å². The third-order valence-electron chi connectivity index (χ3n) is 4.09. The zero-order valence-electron chi connectivity index (χ0n) is 13.6. The zero-order valence-corrected chi connectivity index (χ0v) is 14.5. The summed E-state index contributed by atoms with van der Waals surface area (Å²) in [4.78, 5) is 0. The molecule has 2 aromatic carbocycles. The van der Waals surface area contributed by atoms with Crippen LogP contribution in [0.15, 0.2) is 72.8 Å². The van der Waals surface area contributed by atoms with E-state index in [1.54, 1.807) is 12.2 Å². The Morgan fingerprint density at radius 1 is 0.913 bits per heavy atom. The number of aliphatic hydroxyl groups excluding tert-OH is 1. The Kier molecular flexibility index (Phi) is 6.83. The average molecular weight is 328 g/mol. The van der Waals surface area contributed by atoms with Gasteiger partial charge in [-0.3, -0.25) is 0 Å². The molecular weight excluding hydrogens is 303 g/mol. The maximum absolute atomic E-state index is 13.3. The van der Waals surface area contributed by atoms with E-state index in [4.69, 9.17) is 0 Å². The van der Waals surface area contributed by atoms with Crippen LogP contribution in [0, 0.1) is 0 Å². The van der Waals surface area contributed by atoms with Crippen LogP contribution in [0.5, 0.6) is 0 Å². The van der Waals surface area contributed by atoms with Gasteiger partial charge in [0.15, 0.2) is 0 Å². The monoisotopic (exact) mass is 328 g/mol. The van der Waals surface area contributed by atoms with Gasteiger partial charge in [0.2, 0.25) is 0 Å². The van der Waals surface area contributed by atoms with Gasteiger partial charge < -0.3 is 9.67 Å². The summed E-state index contributed by atoms with van der Waals surface area (Å²) in [6.07, 6.45) is 5.99. The number of aryl methyl sites for hydroxylation is 2. The summed E-state index contributed by atoms with van der Waals surface area (Å²) < 4.78 is 13.3. The summed E-state index contributed by atoms with van der Waals surface area (Å²) in [5, 5.41) is 10.4. The van der Waals surface area contributed by atoms with E-state index in [0.29, 0.717) is 12.3 Å². The summed E-state index contributed by atoms with van der Waals surface area (Å²) in [5.41, 5.74) is 2.33. The lowest BCUT2D eigenvalue weighted by atomic mass is 10.2. The lowest BCUT2D eigenvalue weighted by Gasteiger charge is -2.22. The Morgan fingerprint density at radius 3 is 1.74 bits per heavy atom. The SMILES string of the molecule is C/C=C/C(O)P(=O)(CCc1ccccc1)CCc1ccccc1. The van der Waals surface area contributed by atoms with E-state index in [0.717, 1.165) is 12.8 Å². The third kappa shape index (κ3) is 5.49. The fourth-order valence-electron chi connectivity index (χ4n) is 2.63. The fraction of sp³-hybridized carbons (Fsp3) is 0.300. The largest absolute Gasteiger partial charge is 0.381 e. The Balaban J connectivity index is 2.07.